The largest absolute Gasteiger partial charge is 0.489 e. The van der Waals surface area contributed by atoms with Crippen LogP contribution in [0.25, 0.3) is 0 Å². The lowest BCUT2D eigenvalue weighted by Gasteiger charge is -2.30. The Hall–Kier alpha value is -2.65. The van der Waals surface area contributed by atoms with Gasteiger partial charge in [0.25, 0.3) is 0 Å². The lowest BCUT2D eigenvalue weighted by Crippen LogP contribution is -2.43. The van der Waals surface area contributed by atoms with Gasteiger partial charge >= 0.3 is 0 Å². The second-order valence-corrected chi connectivity index (χ2v) is 11.8. The molecule has 0 aliphatic carbocycles. The normalized spacial score (nSPS) is 14.9. The molecule has 0 bridgehead atoms. The number of sulfonamides is 1. The van der Waals surface area contributed by atoms with Gasteiger partial charge in [-0.15, -0.1) is 0 Å². The van der Waals surface area contributed by atoms with Crippen molar-refractivity contribution in [2.24, 2.45) is 5.92 Å². The molecule has 10 heteroatoms. The van der Waals surface area contributed by atoms with Crippen molar-refractivity contribution in [1.82, 2.24) is 9.62 Å². The van der Waals surface area contributed by atoms with Crippen LogP contribution >= 0.6 is 23.2 Å². The van der Waals surface area contributed by atoms with Crippen molar-refractivity contribution in [2.75, 3.05) is 13.1 Å². The minimum Gasteiger partial charge on any atom is -0.489 e. The molecule has 1 N–H and O–H groups in total. The summed E-state index contributed by atoms with van der Waals surface area (Å²) in [5, 5.41) is 3.71. The molecule has 1 saturated heterocycles. The molecule has 6 nitrogen and oxygen atoms in total. The number of halogens is 3. The van der Waals surface area contributed by atoms with E-state index in [1.165, 1.54) is 22.5 Å². The third-order valence-corrected chi connectivity index (χ3v) is 8.69. The highest BCUT2D eigenvalue weighted by Gasteiger charge is 2.31. The number of hydrogen-bond acceptors (Lipinski definition) is 4. The van der Waals surface area contributed by atoms with Crippen molar-refractivity contribution < 1.29 is 22.3 Å². The first kappa shape index (κ1) is 27.4. The Bertz CT molecular complexity index is 1330. The molecule has 0 atom stereocenters. The van der Waals surface area contributed by atoms with E-state index >= 15 is 0 Å². The molecule has 0 radical (unpaired) electrons. The lowest BCUT2D eigenvalue weighted by molar-refractivity contribution is -0.126. The molecule has 3 aromatic rings. The molecule has 0 unspecified atom stereocenters. The SMILES string of the molecule is O=C(NCc1ccc(OCc2ccc(F)cc2)cc1)C1CCN(S(=O)(=O)Cc2ccc(Cl)cc2Cl)CC1. The van der Waals surface area contributed by atoms with Crippen LogP contribution in [-0.2, 0) is 33.7 Å². The summed E-state index contributed by atoms with van der Waals surface area (Å²) in [5.41, 5.74) is 2.28. The van der Waals surface area contributed by atoms with Crippen LogP contribution in [0.3, 0.4) is 0 Å². The molecule has 196 valence electrons. The number of carbonyl (C=O) groups is 1. The zero-order valence-electron chi connectivity index (χ0n) is 20.0. The minimum atomic E-state index is -3.56. The standard InChI is InChI=1S/C27H27Cl2FN2O4S/c28-23-6-5-22(26(29)15-23)18-37(34,35)32-13-11-21(12-14-32)27(33)31-16-19-3-9-25(10-4-19)36-17-20-1-7-24(30)8-2-20/h1-10,15,21H,11-14,16-18H2,(H,31,33). The van der Waals surface area contributed by atoms with Gasteiger partial charge in [0.2, 0.25) is 15.9 Å². The molecule has 1 fully saturated rings. The molecule has 4 rings (SSSR count). The van der Waals surface area contributed by atoms with Gasteiger partial charge in [-0.25, -0.2) is 17.1 Å². The van der Waals surface area contributed by atoms with Crippen molar-refractivity contribution in [1.29, 1.82) is 0 Å². The number of rotatable bonds is 9. The highest BCUT2D eigenvalue weighted by atomic mass is 35.5. The molecule has 1 aliphatic rings. The topological polar surface area (TPSA) is 75.7 Å². The summed E-state index contributed by atoms with van der Waals surface area (Å²) >= 11 is 12.0. The van der Waals surface area contributed by atoms with Crippen molar-refractivity contribution >= 4 is 39.1 Å². The van der Waals surface area contributed by atoms with Gasteiger partial charge in [0, 0.05) is 35.6 Å². The number of hydrogen-bond donors (Lipinski definition) is 1. The number of amides is 1. The second kappa shape index (κ2) is 12.3. The van der Waals surface area contributed by atoms with Gasteiger partial charge in [0.15, 0.2) is 0 Å². The van der Waals surface area contributed by atoms with Crippen LogP contribution in [0, 0.1) is 11.7 Å². The summed E-state index contributed by atoms with van der Waals surface area (Å²) in [7, 11) is -3.56. The van der Waals surface area contributed by atoms with E-state index in [4.69, 9.17) is 27.9 Å². The minimum absolute atomic E-state index is 0.0885. The predicted octanol–water partition coefficient (Wildman–Crippen LogP) is 5.57. The van der Waals surface area contributed by atoms with Gasteiger partial charge in [0.1, 0.15) is 18.2 Å². The fraction of sp³-hybridized carbons (Fsp3) is 0.296. The number of nitrogens with zero attached hydrogens (tertiary/aromatic N) is 1. The van der Waals surface area contributed by atoms with Crippen LogP contribution < -0.4 is 10.1 Å². The molecule has 0 spiro atoms. The van der Waals surface area contributed by atoms with Gasteiger partial charge in [-0.1, -0.05) is 53.5 Å². The molecule has 1 aliphatic heterocycles. The average Bonchev–Trinajstić information content (AvgIpc) is 2.89. The first-order valence-electron chi connectivity index (χ1n) is 11.9. The van der Waals surface area contributed by atoms with E-state index in [9.17, 15) is 17.6 Å². The van der Waals surface area contributed by atoms with Crippen molar-refractivity contribution in [3.05, 3.63) is 99.3 Å². The summed E-state index contributed by atoms with van der Waals surface area (Å²) in [6.07, 6.45) is 0.908. The maximum atomic E-state index is 13.0. The number of carbonyl (C=O) groups excluding carboxylic acids is 1. The van der Waals surface area contributed by atoms with E-state index < -0.39 is 10.0 Å². The van der Waals surface area contributed by atoms with E-state index in [2.05, 4.69) is 5.32 Å². The Morgan fingerprint density at radius 2 is 1.62 bits per heavy atom. The van der Waals surface area contributed by atoms with Crippen LogP contribution in [0.4, 0.5) is 4.39 Å². The van der Waals surface area contributed by atoms with Gasteiger partial charge < -0.3 is 10.1 Å². The molecular formula is C27H27Cl2FN2O4S. The van der Waals surface area contributed by atoms with E-state index in [1.54, 1.807) is 24.3 Å². The summed E-state index contributed by atoms with van der Waals surface area (Å²) in [6, 6.07) is 18.3. The Morgan fingerprint density at radius 1 is 0.973 bits per heavy atom. The second-order valence-electron chi connectivity index (χ2n) is 8.94. The smallest absolute Gasteiger partial charge is 0.223 e. The Labute approximate surface area is 226 Å². The molecular weight excluding hydrogens is 538 g/mol. The Morgan fingerprint density at radius 3 is 2.27 bits per heavy atom. The maximum absolute atomic E-state index is 13.0. The van der Waals surface area contributed by atoms with Crippen molar-refractivity contribution in [3.8, 4) is 5.75 Å². The van der Waals surface area contributed by atoms with Gasteiger partial charge in [-0.3, -0.25) is 4.79 Å². The zero-order valence-corrected chi connectivity index (χ0v) is 22.3. The number of ether oxygens (including phenoxy) is 1. The maximum Gasteiger partial charge on any atom is 0.223 e. The first-order valence-corrected chi connectivity index (χ1v) is 14.2. The van der Waals surface area contributed by atoms with Gasteiger partial charge in [0.05, 0.1) is 5.75 Å². The highest BCUT2D eigenvalue weighted by molar-refractivity contribution is 7.88. The quantitative estimate of drug-likeness (QED) is 0.368. The van der Waals surface area contributed by atoms with E-state index in [1.807, 2.05) is 24.3 Å². The fourth-order valence-corrected chi connectivity index (χ4v) is 6.26. The summed E-state index contributed by atoms with van der Waals surface area (Å²) in [6.45, 7) is 1.26. The molecule has 0 aromatic heterocycles. The van der Waals surface area contributed by atoms with Crippen LogP contribution in [0.5, 0.6) is 5.75 Å². The fourth-order valence-electron chi connectivity index (χ4n) is 4.11. The van der Waals surface area contributed by atoms with Gasteiger partial charge in [-0.05, 0) is 65.9 Å². The average molecular weight is 565 g/mol. The number of benzene rings is 3. The van der Waals surface area contributed by atoms with E-state index in [-0.39, 0.29) is 36.5 Å². The zero-order chi connectivity index (χ0) is 26.4. The summed E-state index contributed by atoms with van der Waals surface area (Å²) in [5.74, 6) is -0.153. The summed E-state index contributed by atoms with van der Waals surface area (Å²) < 4.78 is 45.9. The number of nitrogens with one attached hydrogen (secondary N) is 1. The third-order valence-electron chi connectivity index (χ3n) is 6.28. The summed E-state index contributed by atoms with van der Waals surface area (Å²) in [4.78, 5) is 12.7. The third kappa shape index (κ3) is 7.68. The molecule has 1 heterocycles. The van der Waals surface area contributed by atoms with E-state index in [0.29, 0.717) is 47.4 Å². The van der Waals surface area contributed by atoms with Crippen molar-refractivity contribution in [2.45, 2.75) is 31.7 Å². The molecule has 3 aromatic carbocycles. The lowest BCUT2D eigenvalue weighted by atomic mass is 9.97. The number of piperidine rings is 1. The Kier molecular flexibility index (Phi) is 9.08. The van der Waals surface area contributed by atoms with Crippen LogP contribution in [-0.4, -0.2) is 31.7 Å². The van der Waals surface area contributed by atoms with Crippen LogP contribution in [0.1, 0.15) is 29.5 Å². The first-order chi connectivity index (χ1) is 17.7. The highest BCUT2D eigenvalue weighted by Crippen LogP contribution is 2.26. The monoisotopic (exact) mass is 564 g/mol. The molecule has 37 heavy (non-hydrogen) atoms. The van der Waals surface area contributed by atoms with Crippen molar-refractivity contribution in [3.63, 3.8) is 0 Å². The predicted molar refractivity (Wildman–Crippen MR) is 142 cm³/mol. The van der Waals surface area contributed by atoms with Gasteiger partial charge in [-0.2, -0.15) is 0 Å². The van der Waals surface area contributed by atoms with Crippen LogP contribution in [0.2, 0.25) is 10.0 Å². The van der Waals surface area contributed by atoms with E-state index in [0.717, 1.165) is 11.1 Å². The molecule has 0 saturated carbocycles. The molecule has 1 amide bonds. The Balaban J connectivity index is 1.21. The van der Waals surface area contributed by atoms with Crippen LogP contribution in [0.15, 0.2) is 66.7 Å².